The monoisotopic (exact) mass is 1520 g/mol. The number of nitrogens with zero attached hydrogens (tertiary/aromatic N) is 11. The highest BCUT2D eigenvalue weighted by molar-refractivity contribution is 7.26. The van der Waals surface area contributed by atoms with Crippen molar-refractivity contribution in [1.82, 2.24) is 54.8 Å². The zero-order valence-corrected chi connectivity index (χ0v) is 62.2. The fraction of sp³-hybridized carbons (Fsp3) is 0. The Morgan fingerprint density at radius 2 is 0.714 bits per heavy atom. The molecule has 0 bridgehead atoms. The largest absolute Gasteiger partial charge is 0.455 e. The molecule has 21 aromatic rings. The van der Waals surface area contributed by atoms with Crippen LogP contribution in [0.5, 0.6) is 0 Å². The first-order chi connectivity index (χ1) is 55.2. The van der Waals surface area contributed by atoms with Crippen LogP contribution in [-0.4, -0.2) is 54.8 Å². The molecule has 0 saturated carbocycles. The Labute approximate surface area is 660 Å². The summed E-state index contributed by atoms with van der Waals surface area (Å²) in [6, 6.07) is 111. The van der Waals surface area contributed by atoms with Crippen molar-refractivity contribution in [2.24, 2.45) is 0 Å². The van der Waals surface area contributed by atoms with Crippen molar-refractivity contribution in [2.45, 2.75) is 0 Å². The molecule has 0 spiro atoms. The molecule has 0 amide bonds. The second-order valence-electron chi connectivity index (χ2n) is 26.4. The Kier molecular flexibility index (Phi) is 18.4. The van der Waals surface area contributed by atoms with Crippen LogP contribution in [0, 0.1) is 0 Å². The van der Waals surface area contributed by atoms with Gasteiger partial charge in [-0.05, 0) is 151 Å². The first kappa shape index (κ1) is 68.7. The molecular weight excluding hydrogens is 1470 g/mol. The summed E-state index contributed by atoms with van der Waals surface area (Å²) in [4.78, 5) is 49.7. The lowest BCUT2D eigenvalue weighted by Crippen LogP contribution is -1.97. The zero-order chi connectivity index (χ0) is 75.0. The van der Waals surface area contributed by atoms with E-state index in [1.807, 2.05) is 170 Å². The van der Waals surface area contributed by atoms with Gasteiger partial charge in [-0.3, -0.25) is 0 Å². The summed E-state index contributed by atoms with van der Waals surface area (Å²) in [5, 5.41) is 9.02. The molecule has 0 radical (unpaired) electrons. The van der Waals surface area contributed by atoms with E-state index < -0.39 is 0 Å². The van der Waals surface area contributed by atoms with Gasteiger partial charge >= 0.3 is 0 Å². The lowest BCUT2D eigenvalue weighted by atomic mass is 9.96. The lowest BCUT2D eigenvalue weighted by Gasteiger charge is -2.09. The van der Waals surface area contributed by atoms with Gasteiger partial charge in [0.2, 0.25) is 15.9 Å². The molecule has 112 heavy (non-hydrogen) atoms. The number of halogens is 3. The Morgan fingerprint density at radius 3 is 1.32 bits per heavy atom. The van der Waals surface area contributed by atoms with Gasteiger partial charge in [-0.2, -0.15) is 29.9 Å². The fourth-order valence-electron chi connectivity index (χ4n) is 14.5. The molecule has 0 unspecified atom stereocenters. The summed E-state index contributed by atoms with van der Waals surface area (Å²) in [6.07, 6.45) is 3.35. The minimum absolute atomic E-state index is 0.136. The highest BCUT2D eigenvalue weighted by Gasteiger charge is 2.24. The van der Waals surface area contributed by atoms with E-state index in [-0.39, 0.29) is 15.9 Å². The molecular formula is C95H56Cl3N11O2S. The number of rotatable bonds is 11. The van der Waals surface area contributed by atoms with Gasteiger partial charge in [0.05, 0.1) is 16.8 Å². The van der Waals surface area contributed by atoms with Crippen LogP contribution < -0.4 is 0 Å². The molecule has 21 rings (SSSR count). The Balaban J connectivity index is 0.000000114. The number of benzene rings is 14. The summed E-state index contributed by atoms with van der Waals surface area (Å²) in [6.45, 7) is 0. The first-order valence-electron chi connectivity index (χ1n) is 36.0. The normalized spacial score (nSPS) is 11.3. The number of furan rings is 2. The van der Waals surface area contributed by atoms with Gasteiger partial charge < -0.3 is 8.83 Å². The second-order valence-corrected chi connectivity index (χ2v) is 28.5. The maximum absolute atomic E-state index is 6.57. The van der Waals surface area contributed by atoms with E-state index in [4.69, 9.17) is 58.6 Å². The van der Waals surface area contributed by atoms with Gasteiger partial charge in [0, 0.05) is 75.7 Å². The van der Waals surface area contributed by atoms with Crippen LogP contribution in [0.15, 0.2) is 349 Å². The molecule has 0 aliphatic carbocycles. The number of thiophene rings is 1. The topological polar surface area (TPSA) is 168 Å². The minimum Gasteiger partial charge on any atom is -0.455 e. The van der Waals surface area contributed by atoms with Gasteiger partial charge in [-0.25, -0.2) is 24.9 Å². The molecule has 530 valence electrons. The van der Waals surface area contributed by atoms with Crippen LogP contribution in [0.2, 0.25) is 15.9 Å². The summed E-state index contributed by atoms with van der Waals surface area (Å²) >= 11 is 20.9. The Bertz CT molecular complexity index is 7110. The quantitative estimate of drug-likeness (QED) is 0.120. The summed E-state index contributed by atoms with van der Waals surface area (Å²) in [7, 11) is 0. The predicted molar refractivity (Wildman–Crippen MR) is 455 cm³/mol. The van der Waals surface area contributed by atoms with Gasteiger partial charge in [0.25, 0.3) is 0 Å². The van der Waals surface area contributed by atoms with Crippen molar-refractivity contribution >= 4 is 121 Å². The number of hydrogen-bond acceptors (Lipinski definition) is 14. The van der Waals surface area contributed by atoms with E-state index in [1.165, 1.54) is 21.4 Å². The van der Waals surface area contributed by atoms with E-state index in [0.29, 0.717) is 34.9 Å². The molecule has 0 N–H and O–H groups in total. The van der Waals surface area contributed by atoms with E-state index in [2.05, 4.69) is 198 Å². The highest BCUT2D eigenvalue weighted by atomic mass is 35.5. The molecule has 0 aliphatic heterocycles. The van der Waals surface area contributed by atoms with Crippen LogP contribution >= 0.6 is 46.1 Å². The van der Waals surface area contributed by atoms with Crippen LogP contribution in [0.3, 0.4) is 0 Å². The van der Waals surface area contributed by atoms with Gasteiger partial charge in [0.15, 0.2) is 34.9 Å². The molecule has 13 nitrogen and oxygen atoms in total. The van der Waals surface area contributed by atoms with Crippen molar-refractivity contribution < 1.29 is 8.83 Å². The number of hydrogen-bond donors (Lipinski definition) is 0. The second kappa shape index (κ2) is 30.0. The van der Waals surface area contributed by atoms with E-state index in [1.54, 1.807) is 23.9 Å². The summed E-state index contributed by atoms with van der Waals surface area (Å²) in [5.74, 6) is 3.08. The van der Waals surface area contributed by atoms with Crippen molar-refractivity contribution in [3.63, 3.8) is 0 Å². The van der Waals surface area contributed by atoms with Crippen molar-refractivity contribution in [1.29, 1.82) is 0 Å². The van der Waals surface area contributed by atoms with E-state index >= 15 is 0 Å². The van der Waals surface area contributed by atoms with Crippen molar-refractivity contribution in [2.75, 3.05) is 0 Å². The van der Waals surface area contributed by atoms with Crippen LogP contribution in [-0.2, 0) is 0 Å². The average Bonchev–Trinajstić information content (AvgIpc) is 1.60. The molecule has 7 aromatic heterocycles. The van der Waals surface area contributed by atoms with Crippen molar-refractivity contribution in [3.05, 3.63) is 356 Å². The van der Waals surface area contributed by atoms with Gasteiger partial charge in [-0.15, -0.1) is 11.3 Å². The molecule has 17 heteroatoms. The maximum atomic E-state index is 6.57. The third kappa shape index (κ3) is 13.5. The smallest absolute Gasteiger partial charge is 0.226 e. The zero-order valence-electron chi connectivity index (χ0n) is 59.1. The highest BCUT2D eigenvalue weighted by Crippen LogP contribution is 2.47. The maximum Gasteiger partial charge on any atom is 0.226 e. The minimum atomic E-state index is 0.136. The number of fused-ring (bicyclic) bond motifs is 11. The van der Waals surface area contributed by atoms with Crippen LogP contribution in [0.25, 0.3) is 199 Å². The SMILES string of the molecule is Clc1nc(-c2ccccc2)nc(-c2cc3ccccc3c3c2oc2ccc(-c4cccc(-c5ccccc5)c4)cc23)n1.Clc1nc(-c2ccccc2)nc(-c2ccc(-c3ccncn3)c3c2sc2ccc(-c4ccccc4)cc23)n1.Clc1nc(-c2ccccc2)nc(-c2cccc3c2oc2cccc(-c4ccccc4)c23)n1. The van der Waals surface area contributed by atoms with Crippen LogP contribution in [0.1, 0.15) is 0 Å². The standard InChI is InChI=1S/C37H22ClN3O.C31H18ClN5S.C27H16ClN3O/c38-37-40-35(24-12-5-2-6-13-24)39-36(41-37)31-22-28-14-7-8-17-29(28)33-30-21-27(18-19-32(30)42-34(31)33)26-16-9-15-25(20-26)23-10-3-1-4-11-23;32-31-36-29(20-9-5-2-6-10-20)35-30(37-31)23-13-12-22(25-15-16-33-18-34-25)27-24-17-21(19-7-3-1-4-8-19)11-14-26(24)38-28(23)27;28-27-30-25(18-11-5-2-6-12-18)29-26(31-27)21-15-7-14-20-23-19(17-9-3-1-4-10-17)13-8-16-22(23)32-24(20)21/h1-22H;1-18H;1-16H. The third-order valence-electron chi connectivity index (χ3n) is 19.6. The van der Waals surface area contributed by atoms with Crippen LogP contribution in [0.4, 0.5) is 0 Å². The average molecular weight is 1520 g/mol. The summed E-state index contributed by atoms with van der Waals surface area (Å²) in [5.41, 5.74) is 19.3. The first-order valence-corrected chi connectivity index (χ1v) is 38.0. The van der Waals surface area contributed by atoms with Crippen molar-refractivity contribution in [3.8, 4) is 124 Å². The molecule has 7 heterocycles. The number of aromatic nitrogens is 11. The molecule has 0 saturated heterocycles. The Morgan fingerprint density at radius 1 is 0.259 bits per heavy atom. The molecule has 14 aromatic carbocycles. The summed E-state index contributed by atoms with van der Waals surface area (Å²) < 4.78 is 15.2. The van der Waals surface area contributed by atoms with Gasteiger partial charge in [-0.1, -0.05) is 267 Å². The Hall–Kier alpha value is -13.9. The lowest BCUT2D eigenvalue weighted by molar-refractivity contribution is 0.669. The molecule has 0 aliphatic rings. The van der Waals surface area contributed by atoms with E-state index in [9.17, 15) is 0 Å². The van der Waals surface area contributed by atoms with E-state index in [0.717, 1.165) is 143 Å². The number of para-hydroxylation sites is 1. The third-order valence-corrected chi connectivity index (χ3v) is 21.3. The predicted octanol–water partition coefficient (Wildman–Crippen LogP) is 26.0. The fourth-order valence-corrected chi connectivity index (χ4v) is 16.2. The molecule has 0 atom stereocenters. The molecule has 0 fully saturated rings. The van der Waals surface area contributed by atoms with Gasteiger partial charge in [0.1, 0.15) is 28.7 Å².